The first-order valence-electron chi connectivity index (χ1n) is 7.97. The summed E-state index contributed by atoms with van der Waals surface area (Å²) in [5.74, 6) is 0.206. The summed E-state index contributed by atoms with van der Waals surface area (Å²) in [7, 11) is 2.05. The zero-order chi connectivity index (χ0) is 16.4. The molecule has 1 amide bonds. The number of rotatable bonds is 4. The van der Waals surface area contributed by atoms with E-state index in [4.69, 9.17) is 0 Å². The van der Waals surface area contributed by atoms with Gasteiger partial charge in [0.25, 0.3) is 5.56 Å². The van der Waals surface area contributed by atoms with Gasteiger partial charge in [-0.05, 0) is 33.4 Å². The molecular weight excluding hydrogens is 312 g/mol. The van der Waals surface area contributed by atoms with Crippen molar-refractivity contribution < 1.29 is 4.79 Å². The summed E-state index contributed by atoms with van der Waals surface area (Å²) in [6, 6.07) is 1.54. The van der Waals surface area contributed by atoms with Crippen molar-refractivity contribution in [2.24, 2.45) is 5.92 Å². The van der Waals surface area contributed by atoms with Crippen LogP contribution in [0.1, 0.15) is 24.2 Å². The van der Waals surface area contributed by atoms with E-state index < -0.39 is 0 Å². The van der Waals surface area contributed by atoms with Gasteiger partial charge in [-0.2, -0.15) is 0 Å². The molecule has 0 aromatic carbocycles. The van der Waals surface area contributed by atoms with Crippen molar-refractivity contribution in [3.8, 4) is 0 Å². The van der Waals surface area contributed by atoms with E-state index in [0.717, 1.165) is 37.3 Å². The molecule has 0 aliphatic carbocycles. The Kier molecular flexibility index (Phi) is 4.77. The minimum Gasteiger partial charge on any atom is -0.355 e. The lowest BCUT2D eigenvalue weighted by atomic mass is 9.97. The predicted molar refractivity (Wildman–Crippen MR) is 91.0 cm³/mol. The van der Waals surface area contributed by atoms with Gasteiger partial charge in [-0.1, -0.05) is 0 Å². The lowest BCUT2D eigenvalue weighted by Crippen LogP contribution is -2.42. The van der Waals surface area contributed by atoms with Crippen LogP contribution >= 0.6 is 11.3 Å². The Morgan fingerprint density at radius 2 is 2.35 bits per heavy atom. The lowest BCUT2D eigenvalue weighted by Gasteiger charge is -2.28. The molecule has 1 aliphatic heterocycles. The average molecular weight is 334 g/mol. The van der Waals surface area contributed by atoms with Crippen LogP contribution in [0.3, 0.4) is 0 Å². The molecule has 0 spiro atoms. The fraction of sp³-hybridized carbons (Fsp3) is 0.562. The second-order valence-electron chi connectivity index (χ2n) is 6.22. The lowest BCUT2D eigenvalue weighted by molar-refractivity contribution is -0.126. The number of piperidine rings is 1. The number of nitrogens with zero attached hydrogens (tertiary/aromatic N) is 3. The third-order valence-corrected chi connectivity index (χ3v) is 5.15. The smallest absolute Gasteiger partial charge is 0.258 e. The topological polar surface area (TPSA) is 66.7 Å². The maximum Gasteiger partial charge on any atom is 0.258 e. The van der Waals surface area contributed by atoms with Crippen molar-refractivity contribution in [1.29, 1.82) is 0 Å². The van der Waals surface area contributed by atoms with Crippen LogP contribution in [-0.4, -0.2) is 46.9 Å². The van der Waals surface area contributed by atoms with Gasteiger partial charge in [0, 0.05) is 42.3 Å². The van der Waals surface area contributed by atoms with Gasteiger partial charge in [0.1, 0.15) is 0 Å². The van der Waals surface area contributed by atoms with Gasteiger partial charge < -0.3 is 10.2 Å². The van der Waals surface area contributed by atoms with Crippen LogP contribution in [0, 0.1) is 12.8 Å². The maximum atomic E-state index is 12.2. The zero-order valence-corrected chi connectivity index (χ0v) is 14.4. The second kappa shape index (κ2) is 6.80. The van der Waals surface area contributed by atoms with Gasteiger partial charge in [-0.15, -0.1) is 11.3 Å². The third-order valence-electron chi connectivity index (χ3n) is 4.28. The standard InChI is InChI=1S/C16H22N4O2S/c1-11-8-14(21)20-13(10-23-16(20)18-11)5-6-17-15(22)12-4-3-7-19(2)9-12/h8,10,12H,3-7,9H2,1-2H3,(H,17,22). The van der Waals surface area contributed by atoms with Crippen molar-refractivity contribution in [1.82, 2.24) is 19.6 Å². The summed E-state index contributed by atoms with van der Waals surface area (Å²) in [4.78, 5) is 31.6. The van der Waals surface area contributed by atoms with Gasteiger partial charge >= 0.3 is 0 Å². The molecule has 3 rings (SSSR count). The molecule has 0 saturated carbocycles. The number of hydrogen-bond donors (Lipinski definition) is 1. The molecule has 2 aromatic heterocycles. The quantitative estimate of drug-likeness (QED) is 0.908. The van der Waals surface area contributed by atoms with Crippen LogP contribution in [0.25, 0.3) is 4.96 Å². The molecule has 1 aliphatic rings. The summed E-state index contributed by atoms with van der Waals surface area (Å²) in [5.41, 5.74) is 1.59. The first-order chi connectivity index (χ1) is 11.0. The fourth-order valence-electron chi connectivity index (χ4n) is 3.10. The summed E-state index contributed by atoms with van der Waals surface area (Å²) in [6.45, 7) is 4.27. The average Bonchev–Trinajstić information content (AvgIpc) is 2.90. The Morgan fingerprint density at radius 1 is 1.52 bits per heavy atom. The number of hydrogen-bond acceptors (Lipinski definition) is 5. The van der Waals surface area contributed by atoms with Crippen LogP contribution in [-0.2, 0) is 11.2 Å². The zero-order valence-electron chi connectivity index (χ0n) is 13.5. The highest BCUT2D eigenvalue weighted by Crippen LogP contribution is 2.15. The summed E-state index contributed by atoms with van der Waals surface area (Å²) >= 11 is 1.46. The largest absolute Gasteiger partial charge is 0.355 e. The molecule has 7 heteroatoms. The van der Waals surface area contributed by atoms with E-state index in [1.807, 2.05) is 12.3 Å². The number of amides is 1. The number of likely N-dealkylation sites (tertiary alicyclic amines) is 1. The number of thiazole rings is 1. The maximum absolute atomic E-state index is 12.2. The van der Waals surface area contributed by atoms with Gasteiger partial charge in [0.2, 0.25) is 5.91 Å². The number of nitrogens with one attached hydrogen (secondary N) is 1. The Hall–Kier alpha value is -1.73. The summed E-state index contributed by atoms with van der Waals surface area (Å²) in [6.07, 6.45) is 2.67. The number of aromatic nitrogens is 2. The Morgan fingerprint density at radius 3 is 3.13 bits per heavy atom. The van der Waals surface area contributed by atoms with Crippen LogP contribution in [0.5, 0.6) is 0 Å². The summed E-state index contributed by atoms with van der Waals surface area (Å²) < 4.78 is 1.64. The van der Waals surface area contributed by atoms with Gasteiger partial charge in [-0.3, -0.25) is 14.0 Å². The highest BCUT2D eigenvalue weighted by Gasteiger charge is 2.23. The second-order valence-corrected chi connectivity index (χ2v) is 7.06. The molecule has 124 valence electrons. The number of carbonyl (C=O) groups excluding carboxylic acids is 1. The Labute approximate surface area is 139 Å². The third kappa shape index (κ3) is 3.61. The van der Waals surface area contributed by atoms with Crippen molar-refractivity contribution in [2.75, 3.05) is 26.7 Å². The highest BCUT2D eigenvalue weighted by molar-refractivity contribution is 7.15. The van der Waals surface area contributed by atoms with Crippen LogP contribution in [0.2, 0.25) is 0 Å². The van der Waals surface area contributed by atoms with E-state index in [0.29, 0.717) is 17.9 Å². The molecular formula is C16H22N4O2S. The van der Waals surface area contributed by atoms with Crippen molar-refractivity contribution in [2.45, 2.75) is 26.2 Å². The monoisotopic (exact) mass is 334 g/mol. The first-order valence-corrected chi connectivity index (χ1v) is 8.85. The molecule has 23 heavy (non-hydrogen) atoms. The predicted octanol–water partition coefficient (Wildman–Crippen LogP) is 1.06. The van der Waals surface area contributed by atoms with Gasteiger partial charge in [0.05, 0.1) is 5.92 Å². The van der Waals surface area contributed by atoms with Crippen molar-refractivity contribution >= 4 is 22.2 Å². The van der Waals surface area contributed by atoms with Gasteiger partial charge in [-0.25, -0.2) is 4.98 Å². The van der Waals surface area contributed by atoms with E-state index in [1.165, 1.54) is 11.3 Å². The van der Waals surface area contributed by atoms with E-state index in [1.54, 1.807) is 10.5 Å². The minimum atomic E-state index is -0.0519. The molecule has 1 fully saturated rings. The normalized spacial score (nSPS) is 19.1. The van der Waals surface area contributed by atoms with E-state index in [2.05, 4.69) is 22.2 Å². The van der Waals surface area contributed by atoms with Crippen molar-refractivity contribution in [3.05, 3.63) is 33.2 Å². The molecule has 0 bridgehead atoms. The molecule has 1 saturated heterocycles. The molecule has 2 aromatic rings. The minimum absolute atomic E-state index is 0.0519. The molecule has 1 atom stereocenters. The molecule has 0 radical (unpaired) electrons. The highest BCUT2D eigenvalue weighted by atomic mass is 32.1. The number of aryl methyl sites for hydroxylation is 1. The molecule has 1 unspecified atom stereocenters. The van der Waals surface area contributed by atoms with E-state index in [-0.39, 0.29) is 17.4 Å². The SMILES string of the molecule is Cc1cc(=O)n2c(CCNC(=O)C3CCCN(C)C3)csc2n1. The van der Waals surface area contributed by atoms with Gasteiger partial charge in [0.15, 0.2) is 4.96 Å². The number of fused-ring (bicyclic) bond motifs is 1. The summed E-state index contributed by atoms with van der Waals surface area (Å²) in [5, 5.41) is 4.96. The van der Waals surface area contributed by atoms with Crippen molar-refractivity contribution in [3.63, 3.8) is 0 Å². The molecule has 6 nitrogen and oxygen atoms in total. The first kappa shape index (κ1) is 16.1. The Balaban J connectivity index is 1.61. The molecule has 3 heterocycles. The fourth-order valence-corrected chi connectivity index (χ4v) is 4.07. The number of carbonyl (C=O) groups is 1. The van der Waals surface area contributed by atoms with Crippen LogP contribution in [0.15, 0.2) is 16.2 Å². The Bertz CT molecular complexity index is 767. The van der Waals surface area contributed by atoms with E-state index >= 15 is 0 Å². The molecule has 1 N–H and O–H groups in total. The van der Waals surface area contributed by atoms with E-state index in [9.17, 15) is 9.59 Å². The van der Waals surface area contributed by atoms with Crippen LogP contribution in [0.4, 0.5) is 0 Å². The van der Waals surface area contributed by atoms with Crippen LogP contribution < -0.4 is 10.9 Å².